The fourth-order valence-electron chi connectivity index (χ4n) is 10.6. The van der Waals surface area contributed by atoms with Crippen molar-refractivity contribution in [2.75, 3.05) is 16.8 Å². The van der Waals surface area contributed by atoms with Crippen LogP contribution in [0.5, 0.6) is 0 Å². The van der Waals surface area contributed by atoms with Gasteiger partial charge in [0.1, 0.15) is 5.84 Å². The number of hydrogen-bond donors (Lipinski definition) is 0. The molecule has 0 radical (unpaired) electrons. The standard InChI is InChI=1S/C65H50N4/c1-65(2)60-27-17-16-26-56(60)57-39-38-55(44-61(57)65)67(53-34-28-46(29-35-53)45-18-8-4-9-19-45)54-36-30-47(31-37-54)48-32-40-62-58(42-48)59-43-49(33-41-63(59)69(62)52-24-14-7-15-25-52)64(66-3)68(50-20-10-5-11-21-50)51-22-12-6-13-23-51/h4-44H,1-3H3. The Balaban J connectivity index is 0.966. The molecule has 0 amide bonds. The van der Waals surface area contributed by atoms with Gasteiger partial charge in [0.05, 0.1) is 11.0 Å². The molecule has 0 saturated heterocycles. The number of nitrogens with zero attached hydrogens (tertiary/aromatic N) is 4. The van der Waals surface area contributed by atoms with Gasteiger partial charge >= 0.3 is 0 Å². The second-order valence-corrected chi connectivity index (χ2v) is 18.4. The predicted molar refractivity (Wildman–Crippen MR) is 291 cm³/mol. The first kappa shape index (κ1) is 41.7. The molecule has 4 heteroatoms. The van der Waals surface area contributed by atoms with Crippen molar-refractivity contribution in [1.29, 1.82) is 0 Å². The van der Waals surface area contributed by atoms with Crippen molar-refractivity contribution in [3.8, 4) is 39.1 Å². The summed E-state index contributed by atoms with van der Waals surface area (Å²) in [7, 11) is 1.89. The fourth-order valence-corrected chi connectivity index (χ4v) is 10.6. The first-order chi connectivity index (χ1) is 33.9. The van der Waals surface area contributed by atoms with Crippen LogP contribution in [0.1, 0.15) is 30.5 Å². The summed E-state index contributed by atoms with van der Waals surface area (Å²) in [6.45, 7) is 4.70. The van der Waals surface area contributed by atoms with Gasteiger partial charge in [-0.25, -0.2) is 0 Å². The zero-order valence-electron chi connectivity index (χ0n) is 39.0. The Morgan fingerprint density at radius 1 is 0.391 bits per heavy atom. The number of para-hydroxylation sites is 3. The molecule has 0 saturated carbocycles. The Morgan fingerprint density at radius 2 is 0.870 bits per heavy atom. The van der Waals surface area contributed by atoms with Crippen LogP contribution in [-0.4, -0.2) is 17.5 Å². The molecule has 4 nitrogen and oxygen atoms in total. The van der Waals surface area contributed by atoms with E-state index in [1.807, 2.05) is 7.05 Å². The van der Waals surface area contributed by atoms with Gasteiger partial charge in [-0.05, 0) is 148 Å². The number of benzene rings is 10. The third kappa shape index (κ3) is 7.29. The normalized spacial score (nSPS) is 12.8. The molecule has 0 bridgehead atoms. The van der Waals surface area contributed by atoms with Crippen LogP contribution in [-0.2, 0) is 5.41 Å². The van der Waals surface area contributed by atoms with Gasteiger partial charge in [0.25, 0.3) is 0 Å². The molecule has 330 valence electrons. The summed E-state index contributed by atoms with van der Waals surface area (Å²) in [5.41, 5.74) is 19.8. The molecule has 0 unspecified atom stereocenters. The summed E-state index contributed by atoms with van der Waals surface area (Å²) < 4.78 is 2.38. The highest BCUT2D eigenvalue weighted by Crippen LogP contribution is 2.51. The second kappa shape index (κ2) is 17.2. The van der Waals surface area contributed by atoms with Crippen LogP contribution in [0.4, 0.5) is 28.4 Å². The smallest absolute Gasteiger partial charge is 0.139 e. The molecule has 10 aromatic carbocycles. The van der Waals surface area contributed by atoms with Crippen molar-refractivity contribution in [2.45, 2.75) is 19.3 Å². The molecule has 0 atom stereocenters. The minimum absolute atomic E-state index is 0.119. The van der Waals surface area contributed by atoms with Crippen molar-refractivity contribution >= 4 is 56.1 Å². The van der Waals surface area contributed by atoms with Crippen LogP contribution in [0.15, 0.2) is 254 Å². The van der Waals surface area contributed by atoms with E-state index in [-0.39, 0.29) is 5.41 Å². The van der Waals surface area contributed by atoms with Gasteiger partial charge in [-0.3, -0.25) is 9.89 Å². The molecule has 0 N–H and O–H groups in total. The second-order valence-electron chi connectivity index (χ2n) is 18.4. The Labute approximate surface area is 404 Å². The summed E-state index contributed by atoms with van der Waals surface area (Å²) in [4.78, 5) is 9.62. The maximum absolute atomic E-state index is 4.98. The number of fused-ring (bicyclic) bond motifs is 6. The topological polar surface area (TPSA) is 23.8 Å². The first-order valence-electron chi connectivity index (χ1n) is 23.8. The average Bonchev–Trinajstić information content (AvgIpc) is 3.86. The fraction of sp³-hybridized carbons (Fsp3) is 0.0615. The Morgan fingerprint density at radius 3 is 1.49 bits per heavy atom. The van der Waals surface area contributed by atoms with Crippen molar-refractivity contribution in [3.63, 3.8) is 0 Å². The van der Waals surface area contributed by atoms with Gasteiger partial charge in [0.2, 0.25) is 0 Å². The molecule has 1 heterocycles. The molecular formula is C65H50N4. The van der Waals surface area contributed by atoms with E-state index in [2.05, 4.69) is 277 Å². The molecule has 0 spiro atoms. The Hall–Kier alpha value is -8.73. The van der Waals surface area contributed by atoms with Gasteiger partial charge in [0.15, 0.2) is 0 Å². The molecule has 1 aliphatic carbocycles. The summed E-state index contributed by atoms with van der Waals surface area (Å²) in [5, 5.41) is 2.35. The summed E-state index contributed by atoms with van der Waals surface area (Å²) in [6.07, 6.45) is 0. The predicted octanol–water partition coefficient (Wildman–Crippen LogP) is 17.1. The summed E-state index contributed by atoms with van der Waals surface area (Å²) in [6, 6.07) is 89.9. The first-order valence-corrected chi connectivity index (χ1v) is 23.8. The van der Waals surface area contributed by atoms with Crippen LogP contribution in [0, 0.1) is 0 Å². The molecule has 1 aromatic heterocycles. The van der Waals surface area contributed by atoms with Crippen LogP contribution >= 0.6 is 0 Å². The Kier molecular flexibility index (Phi) is 10.4. The minimum atomic E-state index is -0.119. The number of aromatic nitrogens is 1. The van der Waals surface area contributed by atoms with Crippen LogP contribution in [0.3, 0.4) is 0 Å². The lowest BCUT2D eigenvalue weighted by atomic mass is 9.82. The number of hydrogen-bond acceptors (Lipinski definition) is 2. The highest BCUT2D eigenvalue weighted by molar-refractivity contribution is 6.18. The van der Waals surface area contributed by atoms with Crippen molar-refractivity contribution in [3.05, 3.63) is 265 Å². The van der Waals surface area contributed by atoms with E-state index in [9.17, 15) is 0 Å². The number of amidine groups is 1. The van der Waals surface area contributed by atoms with E-state index < -0.39 is 0 Å². The SMILES string of the molecule is CN=C(c1ccc2c(c1)c1cc(-c3ccc(N(c4ccc(-c5ccccc5)cc4)c4ccc5c(c4)C(C)(C)c4ccccc4-5)cc3)ccc1n2-c1ccccc1)N(c1ccccc1)c1ccccc1. The Bertz CT molecular complexity index is 3630. The van der Waals surface area contributed by atoms with E-state index in [0.29, 0.717) is 0 Å². The van der Waals surface area contributed by atoms with E-state index in [4.69, 9.17) is 4.99 Å². The quantitative estimate of drug-likeness (QED) is 0.106. The van der Waals surface area contributed by atoms with Gasteiger partial charge in [0, 0.05) is 62.9 Å². The number of rotatable bonds is 9. The van der Waals surface area contributed by atoms with Crippen molar-refractivity contribution in [2.24, 2.45) is 4.99 Å². The van der Waals surface area contributed by atoms with E-state index in [1.54, 1.807) is 0 Å². The molecule has 11 aromatic rings. The molecule has 0 aliphatic heterocycles. The third-order valence-electron chi connectivity index (χ3n) is 14.0. The number of aliphatic imine (C=N–C) groups is 1. The average molecular weight is 887 g/mol. The summed E-state index contributed by atoms with van der Waals surface area (Å²) >= 11 is 0. The zero-order valence-corrected chi connectivity index (χ0v) is 39.0. The van der Waals surface area contributed by atoms with Crippen molar-refractivity contribution in [1.82, 2.24) is 4.57 Å². The van der Waals surface area contributed by atoms with Crippen LogP contribution in [0.2, 0.25) is 0 Å². The molecule has 0 fully saturated rings. The molecule has 12 rings (SSSR count). The van der Waals surface area contributed by atoms with Gasteiger partial charge < -0.3 is 9.47 Å². The molecule has 69 heavy (non-hydrogen) atoms. The molecule has 1 aliphatic rings. The highest BCUT2D eigenvalue weighted by Gasteiger charge is 2.35. The molecular weight excluding hydrogens is 837 g/mol. The van der Waals surface area contributed by atoms with E-state index in [1.165, 1.54) is 44.2 Å². The van der Waals surface area contributed by atoms with Crippen molar-refractivity contribution < 1.29 is 0 Å². The lowest BCUT2D eigenvalue weighted by Crippen LogP contribution is -2.27. The van der Waals surface area contributed by atoms with E-state index in [0.717, 1.165) is 67.7 Å². The number of anilines is 5. The maximum atomic E-state index is 4.98. The monoisotopic (exact) mass is 886 g/mol. The van der Waals surface area contributed by atoms with Gasteiger partial charge in [-0.1, -0.05) is 159 Å². The van der Waals surface area contributed by atoms with Gasteiger partial charge in [-0.15, -0.1) is 0 Å². The van der Waals surface area contributed by atoms with E-state index >= 15 is 0 Å². The lowest BCUT2D eigenvalue weighted by molar-refractivity contribution is 0.660. The van der Waals surface area contributed by atoms with Gasteiger partial charge in [-0.2, -0.15) is 0 Å². The van der Waals surface area contributed by atoms with Crippen LogP contribution in [0.25, 0.3) is 60.9 Å². The third-order valence-corrected chi connectivity index (χ3v) is 14.0. The maximum Gasteiger partial charge on any atom is 0.139 e. The summed E-state index contributed by atoms with van der Waals surface area (Å²) in [5.74, 6) is 0.873. The highest BCUT2D eigenvalue weighted by atomic mass is 15.2. The zero-order chi connectivity index (χ0) is 46.5. The lowest BCUT2D eigenvalue weighted by Gasteiger charge is -2.28. The largest absolute Gasteiger partial charge is 0.310 e. The van der Waals surface area contributed by atoms with Crippen LogP contribution < -0.4 is 9.80 Å². The minimum Gasteiger partial charge on any atom is -0.310 e.